The maximum Gasteiger partial charge on any atom is -0.0178 e. The lowest BCUT2D eigenvalue weighted by atomic mass is 9.82. The van der Waals surface area contributed by atoms with Crippen LogP contribution in [0.1, 0.15) is 41.0 Å². The molecule has 2 atom stereocenters. The molecule has 1 saturated carbocycles. The molecule has 0 aromatic rings. The van der Waals surface area contributed by atoms with Gasteiger partial charge in [0.1, 0.15) is 0 Å². The number of hydrogen-bond donors (Lipinski definition) is 0. The number of rotatable bonds is 2. The van der Waals surface area contributed by atoms with Gasteiger partial charge in [-0.2, -0.15) is 0 Å². The maximum absolute atomic E-state index is 4.03. The third kappa shape index (κ3) is 1.13. The minimum atomic E-state index is 0.527. The monoisotopic (exact) mass is 152 g/mol. The Balaban J connectivity index is 2.71. The lowest BCUT2D eigenvalue weighted by Gasteiger charge is -2.23. The van der Waals surface area contributed by atoms with Crippen LogP contribution in [-0.2, 0) is 0 Å². The Hall–Kier alpha value is -0.260. The van der Waals surface area contributed by atoms with Crippen molar-refractivity contribution in [1.29, 1.82) is 0 Å². The van der Waals surface area contributed by atoms with Crippen molar-refractivity contribution >= 4 is 0 Å². The van der Waals surface area contributed by atoms with Crippen LogP contribution in [0.2, 0.25) is 0 Å². The summed E-state index contributed by atoms with van der Waals surface area (Å²) in [5.74, 6) is 0.678. The minimum absolute atomic E-state index is 0.527. The van der Waals surface area contributed by atoms with Crippen molar-refractivity contribution in [2.24, 2.45) is 16.7 Å². The van der Waals surface area contributed by atoms with E-state index in [9.17, 15) is 0 Å². The van der Waals surface area contributed by atoms with Crippen LogP contribution in [0.25, 0.3) is 0 Å². The molecule has 0 heterocycles. The van der Waals surface area contributed by atoms with E-state index in [1.807, 2.05) is 0 Å². The van der Waals surface area contributed by atoms with Crippen molar-refractivity contribution in [3.05, 3.63) is 12.2 Å². The van der Waals surface area contributed by atoms with Crippen LogP contribution < -0.4 is 0 Å². The van der Waals surface area contributed by atoms with Gasteiger partial charge in [-0.25, -0.2) is 0 Å². The fraction of sp³-hybridized carbons (Fsp3) is 0.818. The zero-order valence-corrected chi connectivity index (χ0v) is 8.49. The highest BCUT2D eigenvalue weighted by Crippen LogP contribution is 2.68. The molecule has 0 aliphatic heterocycles. The standard InChI is InChI=1S/C11H20/c1-8(2)9(3)11(6)7-10(11,4)5/h9H,1,7H2,2-6H3. The predicted octanol–water partition coefficient (Wildman–Crippen LogP) is 3.63. The molecule has 0 aromatic carbocycles. The fourth-order valence-electron chi connectivity index (χ4n) is 2.16. The van der Waals surface area contributed by atoms with Crippen LogP contribution >= 0.6 is 0 Å². The highest BCUT2D eigenvalue weighted by atomic mass is 14.6. The molecular weight excluding hydrogens is 132 g/mol. The van der Waals surface area contributed by atoms with Crippen LogP contribution in [0.4, 0.5) is 0 Å². The Labute approximate surface area is 70.7 Å². The van der Waals surface area contributed by atoms with Gasteiger partial charge in [0.25, 0.3) is 0 Å². The van der Waals surface area contributed by atoms with Crippen LogP contribution in [0, 0.1) is 16.7 Å². The molecule has 0 heteroatoms. The van der Waals surface area contributed by atoms with Crippen LogP contribution in [0.3, 0.4) is 0 Å². The van der Waals surface area contributed by atoms with E-state index in [-0.39, 0.29) is 0 Å². The van der Waals surface area contributed by atoms with Gasteiger partial charge in [0.2, 0.25) is 0 Å². The Morgan fingerprint density at radius 3 is 1.82 bits per heavy atom. The van der Waals surface area contributed by atoms with E-state index < -0.39 is 0 Å². The van der Waals surface area contributed by atoms with Crippen LogP contribution in [0.5, 0.6) is 0 Å². The SMILES string of the molecule is C=C(C)C(C)C1(C)CC1(C)C. The van der Waals surface area contributed by atoms with Crippen molar-refractivity contribution in [3.8, 4) is 0 Å². The summed E-state index contributed by atoms with van der Waals surface area (Å²) in [4.78, 5) is 0. The predicted molar refractivity (Wildman–Crippen MR) is 50.5 cm³/mol. The molecule has 11 heavy (non-hydrogen) atoms. The van der Waals surface area contributed by atoms with Gasteiger partial charge >= 0.3 is 0 Å². The maximum atomic E-state index is 4.03. The third-order valence-electron chi connectivity index (χ3n) is 3.93. The minimum Gasteiger partial charge on any atom is -0.0999 e. The largest absolute Gasteiger partial charge is 0.0999 e. The first-order chi connectivity index (χ1) is 4.81. The first kappa shape index (κ1) is 8.83. The second-order valence-corrected chi connectivity index (χ2v) is 5.05. The van der Waals surface area contributed by atoms with Gasteiger partial charge < -0.3 is 0 Å². The summed E-state index contributed by atoms with van der Waals surface area (Å²) in [6.45, 7) is 15.6. The van der Waals surface area contributed by atoms with E-state index >= 15 is 0 Å². The van der Waals surface area contributed by atoms with Gasteiger partial charge in [-0.15, -0.1) is 0 Å². The van der Waals surface area contributed by atoms with Gasteiger partial charge in [-0.3, -0.25) is 0 Å². The molecule has 1 fully saturated rings. The van der Waals surface area contributed by atoms with Gasteiger partial charge in [0, 0.05) is 0 Å². The van der Waals surface area contributed by atoms with E-state index in [1.165, 1.54) is 12.0 Å². The van der Waals surface area contributed by atoms with Gasteiger partial charge in [0.15, 0.2) is 0 Å². The molecule has 1 aliphatic carbocycles. The Morgan fingerprint density at radius 1 is 1.36 bits per heavy atom. The Morgan fingerprint density at radius 2 is 1.73 bits per heavy atom. The van der Waals surface area contributed by atoms with E-state index in [1.54, 1.807) is 0 Å². The smallest absolute Gasteiger partial charge is 0.0178 e. The lowest BCUT2D eigenvalue weighted by Crippen LogP contribution is -2.15. The summed E-state index contributed by atoms with van der Waals surface area (Å²) < 4.78 is 0. The average molecular weight is 152 g/mol. The molecule has 1 rings (SSSR count). The summed E-state index contributed by atoms with van der Waals surface area (Å²) in [5, 5.41) is 0. The van der Waals surface area contributed by atoms with Crippen LogP contribution in [-0.4, -0.2) is 0 Å². The van der Waals surface area contributed by atoms with Crippen molar-refractivity contribution in [1.82, 2.24) is 0 Å². The van der Waals surface area contributed by atoms with Crippen molar-refractivity contribution < 1.29 is 0 Å². The van der Waals surface area contributed by atoms with Gasteiger partial charge in [-0.05, 0) is 30.1 Å². The summed E-state index contributed by atoms with van der Waals surface area (Å²) >= 11 is 0. The molecule has 0 N–H and O–H groups in total. The van der Waals surface area contributed by atoms with Crippen molar-refractivity contribution in [3.63, 3.8) is 0 Å². The highest BCUT2D eigenvalue weighted by Gasteiger charge is 2.59. The summed E-state index contributed by atoms with van der Waals surface area (Å²) in [6, 6.07) is 0. The summed E-state index contributed by atoms with van der Waals surface area (Å²) in [7, 11) is 0. The highest BCUT2D eigenvalue weighted by molar-refractivity contribution is 5.16. The first-order valence-electron chi connectivity index (χ1n) is 4.47. The topological polar surface area (TPSA) is 0 Å². The molecule has 0 radical (unpaired) electrons. The molecule has 64 valence electrons. The van der Waals surface area contributed by atoms with Gasteiger partial charge in [-0.1, -0.05) is 39.8 Å². The molecule has 0 amide bonds. The van der Waals surface area contributed by atoms with E-state index in [0.717, 1.165) is 0 Å². The molecule has 0 saturated heterocycles. The zero-order chi connectivity index (χ0) is 8.86. The lowest BCUT2D eigenvalue weighted by molar-refractivity contribution is 0.325. The van der Waals surface area contributed by atoms with Gasteiger partial charge in [0.05, 0.1) is 0 Å². The summed E-state index contributed by atoms with van der Waals surface area (Å²) in [5.41, 5.74) is 2.41. The second-order valence-electron chi connectivity index (χ2n) is 5.05. The quantitative estimate of drug-likeness (QED) is 0.530. The number of allylic oxidation sites excluding steroid dienone is 1. The summed E-state index contributed by atoms with van der Waals surface area (Å²) in [6.07, 6.45) is 1.36. The molecular formula is C11H20. The van der Waals surface area contributed by atoms with E-state index in [4.69, 9.17) is 0 Å². The second kappa shape index (κ2) is 2.12. The van der Waals surface area contributed by atoms with Crippen molar-refractivity contribution in [2.45, 2.75) is 41.0 Å². The average Bonchev–Trinajstić information content (AvgIpc) is 2.32. The first-order valence-corrected chi connectivity index (χ1v) is 4.47. The third-order valence-corrected chi connectivity index (χ3v) is 3.93. The van der Waals surface area contributed by atoms with E-state index in [2.05, 4.69) is 41.2 Å². The normalized spacial score (nSPS) is 36.5. The molecule has 1 aliphatic rings. The molecule has 0 aromatic heterocycles. The van der Waals surface area contributed by atoms with E-state index in [0.29, 0.717) is 16.7 Å². The molecule has 0 bridgehead atoms. The molecule has 0 nitrogen and oxygen atoms in total. The molecule has 0 spiro atoms. The zero-order valence-electron chi connectivity index (χ0n) is 8.49. The molecule has 2 unspecified atom stereocenters. The Bertz CT molecular complexity index is 188. The fourth-order valence-corrected chi connectivity index (χ4v) is 2.16. The van der Waals surface area contributed by atoms with Crippen LogP contribution in [0.15, 0.2) is 12.2 Å². The number of hydrogen-bond acceptors (Lipinski definition) is 0. The van der Waals surface area contributed by atoms with Crippen molar-refractivity contribution in [2.75, 3.05) is 0 Å². The Kier molecular flexibility index (Phi) is 1.70.